The number of carbonyl (C=O) groups is 2. The van der Waals surface area contributed by atoms with Crippen molar-refractivity contribution in [3.63, 3.8) is 0 Å². The zero-order chi connectivity index (χ0) is 18.9. The maximum atomic E-state index is 12.1. The molecule has 2 fully saturated rings. The number of rotatable bonds is 5. The first-order valence-corrected chi connectivity index (χ1v) is 11.1. The molecule has 2 heterocycles. The molecule has 0 aromatic heterocycles. The third-order valence-electron chi connectivity index (χ3n) is 4.14. The fourth-order valence-corrected chi connectivity index (χ4v) is 7.15. The molecule has 1 aromatic carbocycles. The maximum Gasteiger partial charge on any atom is 0.248 e. The highest BCUT2D eigenvalue weighted by Gasteiger charge is 2.49. The second kappa shape index (κ2) is 7.58. The summed E-state index contributed by atoms with van der Waals surface area (Å²) in [7, 11) is -3.14. The minimum atomic E-state index is -3.14. The lowest BCUT2D eigenvalue weighted by atomic mass is 10.2. The van der Waals surface area contributed by atoms with Crippen LogP contribution in [0, 0.1) is 0 Å². The third-order valence-corrected chi connectivity index (χ3v) is 7.59. The topological polar surface area (TPSA) is 107 Å². The van der Waals surface area contributed by atoms with E-state index in [0.717, 1.165) is 0 Å². The van der Waals surface area contributed by atoms with E-state index in [9.17, 15) is 23.1 Å². The van der Waals surface area contributed by atoms with Crippen molar-refractivity contribution in [3.8, 4) is 0 Å². The van der Waals surface area contributed by atoms with E-state index in [-0.39, 0.29) is 42.1 Å². The number of halogens is 1. The minimum absolute atomic E-state index is 0.00489. The molecule has 0 aliphatic carbocycles. The molecule has 0 spiro atoms. The number of hydrogen-bond acceptors (Lipinski definition) is 6. The fourth-order valence-electron chi connectivity index (χ4n) is 3.04. The van der Waals surface area contributed by atoms with E-state index in [1.807, 2.05) is 0 Å². The molecule has 2 atom stereocenters. The number of aliphatic carboxylic acids is 1. The summed E-state index contributed by atoms with van der Waals surface area (Å²) >= 11 is 7.32. The fraction of sp³-hybridized carbons (Fsp3) is 0.438. The van der Waals surface area contributed by atoms with Gasteiger partial charge in [0.15, 0.2) is 15.0 Å². The summed E-state index contributed by atoms with van der Waals surface area (Å²) in [6.45, 7) is 0. The predicted octanol–water partition coefficient (Wildman–Crippen LogP) is 0.862. The quantitative estimate of drug-likeness (QED) is 0.701. The molecule has 0 N–H and O–H groups in total. The molecule has 2 aliphatic heterocycles. The van der Waals surface area contributed by atoms with E-state index in [4.69, 9.17) is 11.6 Å². The number of carboxylic acids is 1. The van der Waals surface area contributed by atoms with Crippen molar-refractivity contribution in [2.24, 2.45) is 4.99 Å². The number of amidine groups is 1. The summed E-state index contributed by atoms with van der Waals surface area (Å²) in [4.78, 5) is 28.4. The highest BCUT2D eigenvalue weighted by atomic mass is 35.5. The van der Waals surface area contributed by atoms with Crippen LogP contribution in [0.5, 0.6) is 0 Å². The van der Waals surface area contributed by atoms with Gasteiger partial charge in [-0.05, 0) is 31.0 Å². The number of sulfone groups is 1. The minimum Gasteiger partial charge on any atom is -0.550 e. The van der Waals surface area contributed by atoms with Crippen LogP contribution in [0.2, 0.25) is 5.02 Å². The first-order chi connectivity index (χ1) is 12.2. The van der Waals surface area contributed by atoms with Crippen molar-refractivity contribution in [1.29, 1.82) is 0 Å². The van der Waals surface area contributed by atoms with E-state index in [0.29, 0.717) is 15.9 Å². The van der Waals surface area contributed by atoms with E-state index in [1.54, 1.807) is 29.2 Å². The van der Waals surface area contributed by atoms with Crippen molar-refractivity contribution in [3.05, 3.63) is 29.3 Å². The largest absolute Gasteiger partial charge is 0.550 e. The summed E-state index contributed by atoms with van der Waals surface area (Å²) in [6, 6.07) is 6.64. The van der Waals surface area contributed by atoms with Crippen LogP contribution in [0.1, 0.15) is 19.3 Å². The van der Waals surface area contributed by atoms with Gasteiger partial charge in [0.2, 0.25) is 5.91 Å². The lowest BCUT2D eigenvalue weighted by Gasteiger charge is -2.24. The normalized spacial score (nSPS) is 25.4. The number of carboxylic acid groups (broad SMARTS) is 1. The molecular weight excluding hydrogens is 400 g/mol. The van der Waals surface area contributed by atoms with Gasteiger partial charge >= 0.3 is 0 Å². The first-order valence-electron chi connectivity index (χ1n) is 7.98. The second-order valence-electron chi connectivity index (χ2n) is 6.16. The molecule has 0 radical (unpaired) electrons. The van der Waals surface area contributed by atoms with E-state index < -0.39 is 21.7 Å². The van der Waals surface area contributed by atoms with Crippen LogP contribution in [0.15, 0.2) is 29.3 Å². The Labute approximate surface area is 160 Å². The van der Waals surface area contributed by atoms with E-state index in [1.165, 1.54) is 11.8 Å². The van der Waals surface area contributed by atoms with Crippen LogP contribution >= 0.6 is 23.4 Å². The summed E-state index contributed by atoms with van der Waals surface area (Å²) in [6.07, 6.45) is -0.0543. The number of thioether (sulfide) groups is 1. The number of aliphatic imine (C=N–C) groups is 1. The number of carbonyl (C=O) groups excluding carboxylic acids is 2. The Morgan fingerprint density at radius 1 is 1.31 bits per heavy atom. The highest BCUT2D eigenvalue weighted by Crippen LogP contribution is 2.41. The molecule has 10 heteroatoms. The molecule has 140 valence electrons. The standard InChI is InChI=1S/C16H17ClN2O5S2/c17-10-3-1-4-11(7-10)19-12-8-26(23,24)9-13(12)25-16(19)18-14(20)5-2-6-15(21)22/h1,3-4,7,12-13H,2,5-6,8-9H2,(H,21,22)/p-1/t12-,13+/m0/s1. The van der Waals surface area contributed by atoms with Gasteiger partial charge < -0.3 is 14.8 Å². The lowest BCUT2D eigenvalue weighted by Crippen LogP contribution is -2.37. The van der Waals surface area contributed by atoms with Crippen LogP contribution in [0.4, 0.5) is 5.69 Å². The Morgan fingerprint density at radius 2 is 2.08 bits per heavy atom. The average Bonchev–Trinajstić information content (AvgIpc) is 2.97. The van der Waals surface area contributed by atoms with Crippen molar-refractivity contribution >= 4 is 55.9 Å². The number of benzene rings is 1. The number of hydrogen-bond donors (Lipinski definition) is 0. The molecule has 1 aromatic rings. The summed E-state index contributed by atoms with van der Waals surface area (Å²) < 4.78 is 24.0. The van der Waals surface area contributed by atoms with Crippen molar-refractivity contribution in [2.45, 2.75) is 30.6 Å². The van der Waals surface area contributed by atoms with Gasteiger partial charge in [-0.25, -0.2) is 8.42 Å². The van der Waals surface area contributed by atoms with Gasteiger partial charge in [0.05, 0.1) is 17.5 Å². The Kier molecular flexibility index (Phi) is 5.59. The highest BCUT2D eigenvalue weighted by molar-refractivity contribution is 8.16. The van der Waals surface area contributed by atoms with Crippen LogP contribution in [0.3, 0.4) is 0 Å². The van der Waals surface area contributed by atoms with Crippen LogP contribution < -0.4 is 10.0 Å². The van der Waals surface area contributed by atoms with E-state index in [2.05, 4.69) is 4.99 Å². The van der Waals surface area contributed by atoms with E-state index >= 15 is 0 Å². The average molecular weight is 416 g/mol. The maximum absolute atomic E-state index is 12.1. The van der Waals surface area contributed by atoms with Gasteiger partial charge in [0, 0.05) is 28.4 Å². The van der Waals surface area contributed by atoms with Gasteiger partial charge in [0.1, 0.15) is 0 Å². The second-order valence-corrected chi connectivity index (χ2v) is 9.96. The zero-order valence-corrected chi connectivity index (χ0v) is 16.0. The van der Waals surface area contributed by atoms with Crippen LogP contribution in [0.25, 0.3) is 0 Å². The molecule has 7 nitrogen and oxygen atoms in total. The van der Waals surface area contributed by atoms with Crippen molar-refractivity contribution in [2.75, 3.05) is 16.4 Å². The van der Waals surface area contributed by atoms with Gasteiger partial charge in [-0.15, -0.1) is 0 Å². The first kappa shape index (κ1) is 19.2. The summed E-state index contributed by atoms with van der Waals surface area (Å²) in [5, 5.41) is 11.2. The summed E-state index contributed by atoms with van der Waals surface area (Å²) in [5.41, 5.74) is 0.677. The Morgan fingerprint density at radius 3 is 2.77 bits per heavy atom. The molecule has 1 amide bonds. The molecular formula is C16H16ClN2O5S2-. The number of anilines is 1. The lowest BCUT2D eigenvalue weighted by molar-refractivity contribution is -0.305. The SMILES string of the molecule is O=C([O-])CCCC(=O)N=C1S[C@@H]2CS(=O)(=O)C[C@@H]2N1c1cccc(Cl)c1. The van der Waals surface area contributed by atoms with Crippen LogP contribution in [-0.4, -0.2) is 48.3 Å². The predicted molar refractivity (Wildman–Crippen MR) is 99.1 cm³/mol. The van der Waals surface area contributed by atoms with Gasteiger partial charge in [-0.1, -0.05) is 29.4 Å². The molecule has 0 saturated carbocycles. The molecule has 0 unspecified atom stereocenters. The Bertz CT molecular complexity index is 871. The molecule has 2 saturated heterocycles. The van der Waals surface area contributed by atoms with Crippen molar-refractivity contribution < 1.29 is 23.1 Å². The molecule has 26 heavy (non-hydrogen) atoms. The number of fused-ring (bicyclic) bond motifs is 1. The van der Waals surface area contributed by atoms with Gasteiger partial charge in [-0.2, -0.15) is 4.99 Å². The number of nitrogens with zero attached hydrogens (tertiary/aromatic N) is 2. The van der Waals surface area contributed by atoms with Crippen molar-refractivity contribution in [1.82, 2.24) is 0 Å². The smallest absolute Gasteiger partial charge is 0.248 e. The van der Waals surface area contributed by atoms with Gasteiger partial charge in [-0.3, -0.25) is 4.79 Å². The molecule has 0 bridgehead atoms. The van der Waals surface area contributed by atoms with Gasteiger partial charge in [0.25, 0.3) is 0 Å². The molecule has 3 rings (SSSR count). The Hall–Kier alpha value is -1.58. The third kappa shape index (κ3) is 4.39. The van der Waals surface area contributed by atoms with Crippen LogP contribution in [-0.2, 0) is 19.4 Å². The molecule has 2 aliphatic rings. The number of amides is 1. The summed E-state index contributed by atoms with van der Waals surface area (Å²) in [5.74, 6) is -1.61. The Balaban J connectivity index is 1.85. The zero-order valence-electron chi connectivity index (χ0n) is 13.6. The monoisotopic (exact) mass is 415 g/mol.